The van der Waals surface area contributed by atoms with E-state index in [0.717, 1.165) is 24.8 Å². The van der Waals surface area contributed by atoms with Crippen molar-refractivity contribution in [2.75, 3.05) is 0 Å². The zero-order valence-electron chi connectivity index (χ0n) is 20.6. The second-order valence-corrected chi connectivity index (χ2v) is 11.4. The van der Waals surface area contributed by atoms with Gasteiger partial charge < -0.3 is 23.4 Å². The third-order valence-corrected chi connectivity index (χ3v) is 9.15. The summed E-state index contributed by atoms with van der Waals surface area (Å²) in [5, 5.41) is 0. The normalized spacial score (nSPS) is 41.4. The average Bonchev–Trinajstić information content (AvgIpc) is 3.31. The lowest BCUT2D eigenvalue weighted by Crippen LogP contribution is -2.64. The predicted molar refractivity (Wildman–Crippen MR) is 118 cm³/mol. The van der Waals surface area contributed by atoms with Gasteiger partial charge in [-0.2, -0.15) is 0 Å². The maximum absolute atomic E-state index is 13.1. The molecule has 5 rings (SSSR count). The molecule has 4 heterocycles. The Bertz CT molecular complexity index is 998. The quantitative estimate of drug-likeness (QED) is 0.354. The Morgan fingerprint density at radius 1 is 1.18 bits per heavy atom. The molecule has 0 amide bonds. The molecule has 0 N–H and O–H groups in total. The molecule has 0 aromatic carbocycles. The highest BCUT2D eigenvalue weighted by Gasteiger charge is 2.84. The van der Waals surface area contributed by atoms with E-state index in [4.69, 9.17) is 23.4 Å². The summed E-state index contributed by atoms with van der Waals surface area (Å²) in [7, 11) is 0. The summed E-state index contributed by atoms with van der Waals surface area (Å²) in [5.74, 6) is -0.954. The smallest absolute Gasteiger partial charge is 0.339 e. The molecule has 0 radical (unpaired) electrons. The molecular weight excluding hydrogens is 440 g/mol. The van der Waals surface area contributed by atoms with Crippen molar-refractivity contribution in [2.24, 2.45) is 16.7 Å². The molecule has 1 aromatic heterocycles. The molecule has 8 nitrogen and oxygen atoms in total. The van der Waals surface area contributed by atoms with Crippen LogP contribution in [0.4, 0.5) is 0 Å². The van der Waals surface area contributed by atoms with Gasteiger partial charge in [-0.1, -0.05) is 20.3 Å². The van der Waals surface area contributed by atoms with Crippen LogP contribution in [-0.2, 0) is 33.3 Å². The van der Waals surface area contributed by atoms with Crippen molar-refractivity contribution in [2.45, 2.75) is 103 Å². The van der Waals surface area contributed by atoms with Gasteiger partial charge in [-0.05, 0) is 45.6 Å². The first-order valence-electron chi connectivity index (χ1n) is 12.2. The Balaban J connectivity index is 1.54. The van der Waals surface area contributed by atoms with Crippen molar-refractivity contribution in [1.29, 1.82) is 0 Å². The van der Waals surface area contributed by atoms with Gasteiger partial charge in [-0.15, -0.1) is 0 Å². The first kappa shape index (κ1) is 23.4. The van der Waals surface area contributed by atoms with Crippen molar-refractivity contribution in [1.82, 2.24) is 0 Å². The number of ether oxygens (including phenoxy) is 4. The molecule has 34 heavy (non-hydrogen) atoms. The van der Waals surface area contributed by atoms with E-state index in [0.29, 0.717) is 19.3 Å². The molecule has 7 atom stereocenters. The molecule has 8 heteroatoms. The summed E-state index contributed by atoms with van der Waals surface area (Å²) >= 11 is 0. The van der Waals surface area contributed by atoms with Gasteiger partial charge >= 0.3 is 17.9 Å². The third kappa shape index (κ3) is 3.17. The zero-order chi connectivity index (χ0) is 24.5. The maximum Gasteiger partial charge on any atom is 0.339 e. The Labute approximate surface area is 199 Å². The van der Waals surface area contributed by atoms with Gasteiger partial charge in [0.15, 0.2) is 6.10 Å². The molecule has 0 bridgehead atoms. The van der Waals surface area contributed by atoms with Crippen LogP contribution in [0.3, 0.4) is 0 Å². The number of esters is 3. The lowest BCUT2D eigenvalue weighted by molar-refractivity contribution is -0.204. The first-order valence-corrected chi connectivity index (χ1v) is 12.2. The molecule has 1 aliphatic carbocycles. The molecule has 1 spiro atoms. The molecule has 3 aliphatic heterocycles. The highest BCUT2D eigenvalue weighted by Crippen LogP contribution is 2.74. The van der Waals surface area contributed by atoms with E-state index in [2.05, 4.69) is 13.8 Å². The van der Waals surface area contributed by atoms with Crippen molar-refractivity contribution >= 4 is 17.9 Å². The van der Waals surface area contributed by atoms with E-state index in [1.807, 2.05) is 19.9 Å². The molecule has 4 fully saturated rings. The van der Waals surface area contributed by atoms with E-state index < -0.39 is 40.3 Å². The van der Waals surface area contributed by atoms with E-state index in [1.165, 1.54) is 6.92 Å². The number of furan rings is 1. The van der Waals surface area contributed by atoms with Crippen molar-refractivity contribution in [3.8, 4) is 0 Å². The van der Waals surface area contributed by atoms with Crippen LogP contribution in [0.2, 0.25) is 0 Å². The van der Waals surface area contributed by atoms with E-state index in [9.17, 15) is 14.4 Å². The minimum atomic E-state index is -0.828. The van der Waals surface area contributed by atoms with Gasteiger partial charge in [0.25, 0.3) is 0 Å². The number of cyclic esters (lactones) is 2. The van der Waals surface area contributed by atoms with Gasteiger partial charge in [0.1, 0.15) is 23.4 Å². The second-order valence-electron chi connectivity index (χ2n) is 11.4. The largest absolute Gasteiger partial charge is 0.472 e. The first-order chi connectivity index (χ1) is 15.9. The monoisotopic (exact) mass is 474 g/mol. The second kappa shape index (κ2) is 7.57. The van der Waals surface area contributed by atoms with Crippen molar-refractivity contribution in [3.05, 3.63) is 24.2 Å². The lowest BCUT2D eigenvalue weighted by atomic mass is 9.48. The summed E-state index contributed by atoms with van der Waals surface area (Å²) < 4.78 is 29.3. The number of rotatable bonds is 5. The molecule has 3 saturated heterocycles. The van der Waals surface area contributed by atoms with E-state index in [1.54, 1.807) is 12.5 Å². The zero-order valence-corrected chi connectivity index (χ0v) is 20.6. The van der Waals surface area contributed by atoms with E-state index >= 15 is 0 Å². The van der Waals surface area contributed by atoms with Gasteiger partial charge in [-0.3, -0.25) is 9.59 Å². The van der Waals surface area contributed by atoms with Crippen molar-refractivity contribution in [3.63, 3.8) is 0 Å². The maximum atomic E-state index is 13.1. The molecule has 186 valence electrons. The van der Waals surface area contributed by atoms with Crippen LogP contribution in [0, 0.1) is 16.7 Å². The Hall–Kier alpha value is -2.35. The minimum Gasteiger partial charge on any atom is -0.472 e. The number of hydrogen-bond donors (Lipinski definition) is 0. The summed E-state index contributed by atoms with van der Waals surface area (Å²) in [6, 6.07) is 1.83. The van der Waals surface area contributed by atoms with E-state index in [-0.39, 0.29) is 23.8 Å². The number of carbonyl (C=O) groups excluding carboxylic acids is 3. The Morgan fingerprint density at radius 2 is 1.94 bits per heavy atom. The highest BCUT2D eigenvalue weighted by atomic mass is 16.7. The fourth-order valence-corrected chi connectivity index (χ4v) is 7.34. The molecule has 0 unspecified atom stereocenters. The molecule has 1 aromatic rings. The topological polar surface area (TPSA) is 105 Å². The average molecular weight is 475 g/mol. The number of hydrogen-bond acceptors (Lipinski definition) is 8. The molecule has 1 saturated carbocycles. The molecular formula is C26H34O8. The predicted octanol–water partition coefficient (Wildman–Crippen LogP) is 4.27. The van der Waals surface area contributed by atoms with Gasteiger partial charge in [0.2, 0.25) is 0 Å². The standard InChI is InChI=1S/C26H34O8/c1-15(27)31-18(13-17-7-8-19(28)33-23(17,2)3)24(4)10-6-11-25(5)20(16-9-12-30-14-16)32-22(29)21-26(24,25)34-21/h9,12,14,17-18,20-21H,6-8,10-11,13H2,1-5H3/t17-,18-,20+,21-,24+,25+,26+/m1/s1. The van der Waals surface area contributed by atoms with Crippen molar-refractivity contribution < 1.29 is 37.7 Å². The minimum absolute atomic E-state index is 0.00775. The third-order valence-electron chi connectivity index (χ3n) is 9.15. The summed E-state index contributed by atoms with van der Waals surface area (Å²) in [6.45, 7) is 9.44. The van der Waals surface area contributed by atoms with Crippen LogP contribution in [-0.4, -0.2) is 41.3 Å². The summed E-state index contributed by atoms with van der Waals surface area (Å²) in [4.78, 5) is 37.3. The number of epoxide rings is 1. The lowest BCUT2D eigenvalue weighted by Gasteiger charge is -2.57. The van der Waals surface area contributed by atoms with Gasteiger partial charge in [0, 0.05) is 35.7 Å². The van der Waals surface area contributed by atoms with Crippen LogP contribution in [0.5, 0.6) is 0 Å². The Kier molecular flexibility index (Phi) is 5.21. The number of carbonyl (C=O) groups is 3. The summed E-state index contributed by atoms with van der Waals surface area (Å²) in [6.07, 6.45) is 5.44. The summed E-state index contributed by atoms with van der Waals surface area (Å²) in [5.41, 5.74) is -1.85. The van der Waals surface area contributed by atoms with Crippen LogP contribution in [0.1, 0.15) is 84.8 Å². The van der Waals surface area contributed by atoms with Crippen LogP contribution in [0.25, 0.3) is 0 Å². The van der Waals surface area contributed by atoms with Crippen LogP contribution >= 0.6 is 0 Å². The molecule has 4 aliphatic rings. The fourth-order valence-electron chi connectivity index (χ4n) is 7.34. The van der Waals surface area contributed by atoms with Crippen LogP contribution in [0.15, 0.2) is 23.0 Å². The highest BCUT2D eigenvalue weighted by molar-refractivity contribution is 5.82. The van der Waals surface area contributed by atoms with Crippen LogP contribution < -0.4 is 0 Å². The van der Waals surface area contributed by atoms with Gasteiger partial charge in [-0.25, -0.2) is 4.79 Å². The Morgan fingerprint density at radius 3 is 2.59 bits per heavy atom. The SMILES string of the molecule is CC(=O)O[C@H](C[C@H]1CCC(=O)OC1(C)C)[C@]1(C)CCC[C@@]2(C)[C@H](c3ccoc3)OC(=O)[C@H]3O[C@@]312. The van der Waals surface area contributed by atoms with Gasteiger partial charge in [0.05, 0.1) is 12.5 Å². The fraction of sp³-hybridized carbons (Fsp3) is 0.731.